The number of H-pyrrole nitrogens is 2. The number of aromatic carboxylic acids is 1. The summed E-state index contributed by atoms with van der Waals surface area (Å²) in [5, 5.41) is 44.9. The van der Waals surface area contributed by atoms with Gasteiger partial charge in [0.05, 0.1) is 67.9 Å². The molecule has 0 spiro atoms. The molecule has 9 aromatic rings. The summed E-state index contributed by atoms with van der Waals surface area (Å²) < 4.78 is 86.1. The fourth-order valence-corrected chi connectivity index (χ4v) is 12.1. The molecule has 1 aliphatic carbocycles. The van der Waals surface area contributed by atoms with Crippen LogP contribution in [0, 0.1) is 27.6 Å². The van der Waals surface area contributed by atoms with Crippen LogP contribution in [0.25, 0.3) is 0 Å². The number of nitrogens with one attached hydrogen (secondary N) is 3. The van der Waals surface area contributed by atoms with E-state index >= 15 is 0 Å². The van der Waals surface area contributed by atoms with Crippen molar-refractivity contribution in [1.29, 1.82) is 0 Å². The van der Waals surface area contributed by atoms with Gasteiger partial charge in [0, 0.05) is 107 Å². The minimum absolute atomic E-state index is 0. The van der Waals surface area contributed by atoms with Gasteiger partial charge in [-0.3, -0.25) is 42.5 Å². The van der Waals surface area contributed by atoms with Gasteiger partial charge in [-0.2, -0.15) is 15.3 Å². The molecule has 33 heteroatoms. The number of nitro groups is 1. The molecule has 106 heavy (non-hydrogen) atoms. The van der Waals surface area contributed by atoms with E-state index in [0.29, 0.717) is 91.8 Å². The first-order valence-corrected chi connectivity index (χ1v) is 32.8. The van der Waals surface area contributed by atoms with Gasteiger partial charge in [0.2, 0.25) is 0 Å². The molecule has 0 saturated carbocycles. The smallest absolute Gasteiger partial charge is 0.870 e. The summed E-state index contributed by atoms with van der Waals surface area (Å²) in [7, 11) is -2.00. The minimum atomic E-state index is -1.13. The van der Waals surface area contributed by atoms with E-state index in [9.17, 15) is 65.9 Å². The number of amides is 2. The van der Waals surface area contributed by atoms with Crippen LogP contribution in [0.4, 0.5) is 33.3 Å². The van der Waals surface area contributed by atoms with Crippen LogP contribution in [0.5, 0.6) is 0 Å². The van der Waals surface area contributed by atoms with Gasteiger partial charge in [-0.1, -0.05) is 87.0 Å². The van der Waals surface area contributed by atoms with Crippen molar-refractivity contribution < 1.29 is 102 Å². The van der Waals surface area contributed by atoms with Crippen LogP contribution in [-0.4, -0.2) is 153 Å². The topological polar surface area (TPSA) is 364 Å². The molecule has 13 rings (SSSR count). The molecule has 558 valence electrons. The van der Waals surface area contributed by atoms with Crippen molar-refractivity contribution in [3.05, 3.63) is 263 Å². The van der Waals surface area contributed by atoms with Gasteiger partial charge in [0.1, 0.15) is 33.9 Å². The normalized spacial score (nSPS) is 14.9. The van der Waals surface area contributed by atoms with Crippen LogP contribution in [0.2, 0.25) is 5.02 Å². The predicted molar refractivity (Wildman–Crippen MR) is 378 cm³/mol. The first kappa shape index (κ1) is 82.3. The molecule has 8 heterocycles. The number of nitrogens with two attached hydrogens (primary N) is 1. The molecule has 3 aliphatic heterocycles. The number of carboxylic acid groups (broad SMARTS) is 2. The maximum Gasteiger partial charge on any atom is 1.00 e. The van der Waals surface area contributed by atoms with Gasteiger partial charge >= 0.3 is 42.7 Å². The van der Waals surface area contributed by atoms with Crippen LogP contribution in [-0.2, 0) is 53.5 Å². The van der Waals surface area contributed by atoms with Crippen molar-refractivity contribution in [3.63, 3.8) is 0 Å². The SMILES string of the molecule is CC1CN(C(=O)c2ccc[nH]2)Cc2c(C(=O)O)nn(Cc3ccc(F)cc3)c21.CCOC(=O)c1nn(Cc2ccc(F)cc2)c2c1CN(C(=O)c1ccc[nH]1)CC2C.CCOC(=O)c1nn(Cc2ccc(F)cc2)c2c1CNCC2C.Nc1ccc(Cl)c([N+](=O)[O-])c1.O=C(O)C1=CC=CC1.[2H]CF.[2H]CF.[Li+].[OH-]. The number of alkyl halides is 2. The predicted octanol–water partition coefficient (Wildman–Crippen LogP) is 9.43. The number of ether oxygens (including phenoxy) is 2. The van der Waals surface area contributed by atoms with E-state index in [1.165, 1.54) is 54.6 Å². The zero-order valence-electron chi connectivity index (χ0n) is 60.8. The number of allylic oxidation sites excluding steroid dienone is 3. The number of carbonyl (C=O) groups excluding carboxylic acids is 4. The molecule has 8 N–H and O–H groups in total. The number of anilines is 1. The summed E-state index contributed by atoms with van der Waals surface area (Å²) in [5.41, 5.74) is 15.0. The fourth-order valence-electron chi connectivity index (χ4n) is 11.9. The Hall–Kier alpha value is -11.0. The van der Waals surface area contributed by atoms with Gasteiger partial charge in [-0.15, -0.1) is 0 Å². The molecule has 26 nitrogen and oxygen atoms in total. The Bertz CT molecular complexity index is 4550. The van der Waals surface area contributed by atoms with Crippen molar-refractivity contribution in [3.8, 4) is 0 Å². The molecule has 4 aromatic carbocycles. The van der Waals surface area contributed by atoms with E-state index < -0.39 is 43.1 Å². The van der Waals surface area contributed by atoms with Gasteiger partial charge in [-0.05, 0) is 110 Å². The number of nitrogen functional groups attached to an aromatic ring is 1. The van der Waals surface area contributed by atoms with Crippen LogP contribution in [0.1, 0.15) is 164 Å². The number of halogens is 6. The van der Waals surface area contributed by atoms with Crippen molar-refractivity contribution in [2.75, 3.05) is 52.9 Å². The van der Waals surface area contributed by atoms with E-state index in [0.717, 1.165) is 45.9 Å². The molecule has 4 aliphatic rings. The van der Waals surface area contributed by atoms with Crippen LogP contribution in [0.3, 0.4) is 0 Å². The summed E-state index contributed by atoms with van der Waals surface area (Å²) >= 11 is 5.49. The summed E-state index contributed by atoms with van der Waals surface area (Å²) in [6.07, 6.45) is 9.15. The Labute approximate surface area is 626 Å². The molecular weight excluding hydrogens is 1400 g/mol. The molecular formula is C73H80ClF5LiN13O13. The second kappa shape index (κ2) is 40.9. The maximum atomic E-state index is 13.3. The Morgan fingerprint density at radius 1 is 0.642 bits per heavy atom. The summed E-state index contributed by atoms with van der Waals surface area (Å²) in [5.74, 6) is -3.92. The Balaban J connectivity index is 0.000000249. The van der Waals surface area contributed by atoms with Crippen LogP contribution in [0.15, 0.2) is 151 Å². The van der Waals surface area contributed by atoms with Gasteiger partial charge in [0.15, 0.2) is 17.1 Å². The zero-order chi connectivity index (χ0) is 77.3. The average molecular weight is 1490 g/mol. The molecule has 0 bridgehead atoms. The Kier molecular flexibility index (Phi) is 31.8. The van der Waals surface area contributed by atoms with Crippen LogP contribution < -0.4 is 29.9 Å². The third kappa shape index (κ3) is 22.0. The largest absolute Gasteiger partial charge is 1.00 e. The summed E-state index contributed by atoms with van der Waals surface area (Å²) in [4.78, 5) is 91.0. The number of esters is 2. The molecule has 2 amide bonds. The number of aromatic nitrogens is 8. The summed E-state index contributed by atoms with van der Waals surface area (Å²) in [6.45, 7) is 14.2. The number of fused-ring (bicyclic) bond motifs is 3. The number of aliphatic carboxylic acids is 1. The number of nitrogens with zero attached hydrogens (tertiary/aromatic N) is 9. The van der Waals surface area contributed by atoms with Crippen molar-refractivity contribution >= 4 is 58.7 Å². The fraction of sp³-hybridized carbons (Fsp3) is 0.301. The van der Waals surface area contributed by atoms with Gasteiger partial charge < -0.3 is 56.0 Å². The Morgan fingerprint density at radius 3 is 1.40 bits per heavy atom. The monoisotopic (exact) mass is 1490 g/mol. The standard InChI is InChI=1S/C22H23FN4O3.C20H19FN4O3.C17H20FN3O2.C6H5ClN2O2.C6H6O2.2CH3F.Li.H2O/c1-3-30-22(29)19-17-13-26(21(28)18-5-4-10-24-18)11-14(2)20(17)27(25-19)12-15-6-8-16(23)9-7-15;1-12-9-24(19(26)16-3-2-8-22-16)11-15-17(20(27)28)23-25(18(12)15)10-13-4-6-14(21)7-5-13;1-3-23-17(22)15-14-9-19-8-11(2)16(14)21(20-15)10-12-4-6-13(18)7-5-12;7-5-2-1-4(8)3-6(5)9(10)11;7-6(8)5-3-1-2-4-5;2*1-2;;/h4-10,14,24H,3,11-13H2,1-2H3;2-8,12,22H,9-11H2,1H3,(H,27,28);4-7,11,19H,3,8-10H2,1-2H3;1-3H,8H2;1-3H,4H2,(H,7,8);2*1H3;;1H2/q;;;;;;;+1;/p-1/i;;;;;2*1D;;. The number of carboxylic acids is 2. The second-order valence-electron chi connectivity index (χ2n) is 23.7. The molecule has 3 atom stereocenters. The number of benzene rings is 4. The zero-order valence-corrected chi connectivity index (χ0v) is 59.5. The van der Waals surface area contributed by atoms with E-state index in [-0.39, 0.29) is 113 Å². The van der Waals surface area contributed by atoms with E-state index in [1.807, 2.05) is 24.6 Å². The average Bonchev–Trinajstić information content (AvgIpc) is 1.61. The van der Waals surface area contributed by atoms with Gasteiger partial charge in [0.25, 0.3) is 17.5 Å². The minimum Gasteiger partial charge on any atom is -0.870 e. The second-order valence-corrected chi connectivity index (χ2v) is 24.1. The van der Waals surface area contributed by atoms with Crippen molar-refractivity contribution in [1.82, 2.24) is 54.4 Å². The molecule has 0 saturated heterocycles. The number of aromatic amines is 2. The third-order valence-corrected chi connectivity index (χ3v) is 16.8. The van der Waals surface area contributed by atoms with Crippen molar-refractivity contribution in [2.24, 2.45) is 0 Å². The number of nitro benzene ring substituents is 1. The first-order valence-electron chi connectivity index (χ1n) is 33.8. The molecule has 3 unspecified atom stereocenters. The van der Waals surface area contributed by atoms with Crippen LogP contribution >= 0.6 is 11.6 Å². The van der Waals surface area contributed by atoms with E-state index in [2.05, 4.69) is 37.5 Å². The van der Waals surface area contributed by atoms with Gasteiger partial charge in [-0.25, -0.2) is 32.3 Å². The number of hydrogen-bond acceptors (Lipinski definition) is 16. The number of rotatable bonds is 15. The van der Waals surface area contributed by atoms with Crippen molar-refractivity contribution in [2.45, 2.75) is 98.1 Å². The maximum absolute atomic E-state index is 13.3. The molecule has 0 radical (unpaired) electrons. The van der Waals surface area contributed by atoms with E-state index in [4.69, 9.17) is 34.7 Å². The summed E-state index contributed by atoms with van der Waals surface area (Å²) in [6, 6.07) is 29.6. The first-order chi connectivity index (χ1) is 50.7. The number of hydrogen-bond donors (Lipinski definition) is 6. The number of carbonyl (C=O) groups is 6. The molecule has 0 fully saturated rings. The quantitative estimate of drug-likeness (QED) is 0.0139. The van der Waals surface area contributed by atoms with E-state index in [1.54, 1.807) is 118 Å². The molecule has 5 aromatic heterocycles. The Morgan fingerprint density at radius 2 is 1.05 bits per heavy atom. The third-order valence-electron chi connectivity index (χ3n) is 16.4.